The number of halogens is 1. The molecule has 0 bridgehead atoms. The van der Waals surface area contributed by atoms with Gasteiger partial charge in [0, 0.05) is 6.04 Å². The third kappa shape index (κ3) is 3.22. The quantitative estimate of drug-likeness (QED) is 0.886. The molecule has 2 nitrogen and oxygen atoms in total. The van der Waals surface area contributed by atoms with Crippen LogP contribution in [-0.4, -0.2) is 6.10 Å². The summed E-state index contributed by atoms with van der Waals surface area (Å²) in [4.78, 5) is 0. The lowest BCUT2D eigenvalue weighted by Gasteiger charge is -2.27. The summed E-state index contributed by atoms with van der Waals surface area (Å²) < 4.78 is 19.6. The van der Waals surface area contributed by atoms with Crippen LogP contribution < -0.4 is 10.5 Å². The third-order valence-corrected chi connectivity index (χ3v) is 3.74. The smallest absolute Gasteiger partial charge is 0.165 e. The van der Waals surface area contributed by atoms with Crippen LogP contribution >= 0.6 is 0 Å². The Hall–Kier alpha value is -1.09. The third-order valence-electron chi connectivity index (χ3n) is 3.74. The summed E-state index contributed by atoms with van der Waals surface area (Å²) in [5.74, 6) is 0.831. The van der Waals surface area contributed by atoms with E-state index in [0.717, 1.165) is 24.3 Å². The number of nitrogens with two attached hydrogens (primary N) is 1. The van der Waals surface area contributed by atoms with Crippen LogP contribution in [0.5, 0.6) is 5.75 Å². The Morgan fingerprint density at radius 2 is 1.94 bits per heavy atom. The first-order valence-electron chi connectivity index (χ1n) is 6.78. The number of hydrogen-bond acceptors (Lipinski definition) is 2. The predicted octanol–water partition coefficient (Wildman–Crippen LogP) is 3.80. The van der Waals surface area contributed by atoms with Gasteiger partial charge in [-0.3, -0.25) is 0 Å². The number of rotatable bonds is 3. The zero-order valence-electron chi connectivity index (χ0n) is 11.2. The van der Waals surface area contributed by atoms with Gasteiger partial charge >= 0.3 is 0 Å². The standard InChI is InChI=1S/C15H22FNO/c1-10-3-6-13(7-4-10)18-15-8-5-12(11(2)17)9-14(15)16/h5,8-11,13H,3-4,6-7,17H2,1-2H3/t10?,11-,13?/m0/s1. The Morgan fingerprint density at radius 3 is 2.50 bits per heavy atom. The van der Waals surface area contributed by atoms with Crippen LogP contribution in [0.1, 0.15) is 51.1 Å². The van der Waals surface area contributed by atoms with Crippen molar-refractivity contribution in [2.75, 3.05) is 0 Å². The van der Waals surface area contributed by atoms with Crippen LogP contribution in [0.2, 0.25) is 0 Å². The van der Waals surface area contributed by atoms with E-state index in [0.29, 0.717) is 5.75 Å². The highest BCUT2D eigenvalue weighted by atomic mass is 19.1. The van der Waals surface area contributed by atoms with E-state index < -0.39 is 0 Å². The number of benzene rings is 1. The molecule has 0 spiro atoms. The molecule has 0 aliphatic heterocycles. The van der Waals surface area contributed by atoms with Gasteiger partial charge in [0.05, 0.1) is 6.10 Å². The molecule has 1 saturated carbocycles. The Bertz CT molecular complexity index is 397. The highest BCUT2D eigenvalue weighted by molar-refractivity contribution is 5.30. The van der Waals surface area contributed by atoms with Gasteiger partial charge < -0.3 is 10.5 Å². The van der Waals surface area contributed by atoms with E-state index >= 15 is 0 Å². The molecule has 1 aromatic carbocycles. The molecule has 0 radical (unpaired) electrons. The van der Waals surface area contributed by atoms with Crippen molar-refractivity contribution in [3.8, 4) is 5.75 Å². The number of ether oxygens (including phenoxy) is 1. The van der Waals surface area contributed by atoms with Crippen LogP contribution in [0, 0.1) is 11.7 Å². The van der Waals surface area contributed by atoms with Crippen molar-refractivity contribution < 1.29 is 9.13 Å². The van der Waals surface area contributed by atoms with E-state index in [4.69, 9.17) is 10.5 Å². The first kappa shape index (κ1) is 13.3. The zero-order chi connectivity index (χ0) is 13.1. The molecule has 2 rings (SSSR count). The molecule has 0 heterocycles. The van der Waals surface area contributed by atoms with Gasteiger partial charge in [0.2, 0.25) is 0 Å². The topological polar surface area (TPSA) is 35.2 Å². The monoisotopic (exact) mass is 251 g/mol. The van der Waals surface area contributed by atoms with Crippen molar-refractivity contribution in [2.24, 2.45) is 11.7 Å². The molecule has 1 aliphatic carbocycles. The maximum absolute atomic E-state index is 13.9. The molecule has 0 amide bonds. The Morgan fingerprint density at radius 1 is 1.28 bits per heavy atom. The summed E-state index contributed by atoms with van der Waals surface area (Å²) in [5.41, 5.74) is 6.53. The molecule has 1 aliphatic rings. The fraction of sp³-hybridized carbons (Fsp3) is 0.600. The van der Waals surface area contributed by atoms with E-state index in [1.807, 2.05) is 13.0 Å². The van der Waals surface area contributed by atoms with Crippen LogP contribution in [0.3, 0.4) is 0 Å². The average Bonchev–Trinajstić information content (AvgIpc) is 2.34. The van der Waals surface area contributed by atoms with Crippen LogP contribution in [0.15, 0.2) is 18.2 Å². The van der Waals surface area contributed by atoms with Crippen molar-refractivity contribution in [1.29, 1.82) is 0 Å². The van der Waals surface area contributed by atoms with Crippen LogP contribution in [0.25, 0.3) is 0 Å². The fourth-order valence-electron chi connectivity index (χ4n) is 2.42. The Kier molecular flexibility index (Phi) is 4.23. The normalized spacial score (nSPS) is 25.8. The summed E-state index contributed by atoms with van der Waals surface area (Å²) in [5, 5.41) is 0. The minimum atomic E-state index is -0.302. The van der Waals surface area contributed by atoms with Gasteiger partial charge in [0.15, 0.2) is 11.6 Å². The van der Waals surface area contributed by atoms with E-state index in [9.17, 15) is 4.39 Å². The largest absolute Gasteiger partial charge is 0.487 e. The Balaban J connectivity index is 2.01. The molecule has 0 saturated heterocycles. The van der Waals surface area contributed by atoms with Gasteiger partial charge in [0.1, 0.15) is 0 Å². The second kappa shape index (κ2) is 5.70. The first-order chi connectivity index (χ1) is 8.56. The molecule has 0 unspecified atom stereocenters. The van der Waals surface area contributed by atoms with E-state index in [1.165, 1.54) is 18.9 Å². The SMILES string of the molecule is CC1CCC(Oc2ccc([C@H](C)N)cc2F)CC1. The minimum absolute atomic E-state index is 0.149. The molecule has 3 heteroatoms. The zero-order valence-corrected chi connectivity index (χ0v) is 11.2. The summed E-state index contributed by atoms with van der Waals surface area (Å²) in [6.07, 6.45) is 4.55. The van der Waals surface area contributed by atoms with Crippen LogP contribution in [0.4, 0.5) is 4.39 Å². The number of hydrogen-bond donors (Lipinski definition) is 1. The van der Waals surface area contributed by atoms with Gasteiger partial charge in [-0.15, -0.1) is 0 Å². The van der Waals surface area contributed by atoms with Crippen LogP contribution in [-0.2, 0) is 0 Å². The van der Waals surface area contributed by atoms with Crippen molar-refractivity contribution in [1.82, 2.24) is 0 Å². The van der Waals surface area contributed by atoms with Gasteiger partial charge in [0.25, 0.3) is 0 Å². The lowest BCUT2D eigenvalue weighted by Crippen LogP contribution is -2.23. The molecule has 100 valence electrons. The summed E-state index contributed by atoms with van der Waals surface area (Å²) in [6.45, 7) is 4.10. The first-order valence-corrected chi connectivity index (χ1v) is 6.78. The van der Waals surface area contributed by atoms with Crippen molar-refractivity contribution in [2.45, 2.75) is 51.7 Å². The predicted molar refractivity (Wildman–Crippen MR) is 71.1 cm³/mol. The summed E-state index contributed by atoms with van der Waals surface area (Å²) in [6, 6.07) is 4.87. The average molecular weight is 251 g/mol. The second-order valence-corrected chi connectivity index (χ2v) is 5.48. The van der Waals surface area contributed by atoms with Gasteiger partial charge in [-0.05, 0) is 56.2 Å². The maximum atomic E-state index is 13.9. The summed E-state index contributed by atoms with van der Waals surface area (Å²) in [7, 11) is 0. The van der Waals surface area contributed by atoms with E-state index in [1.54, 1.807) is 6.07 Å². The minimum Gasteiger partial charge on any atom is -0.487 e. The van der Waals surface area contributed by atoms with Gasteiger partial charge in [-0.25, -0.2) is 4.39 Å². The van der Waals surface area contributed by atoms with Gasteiger partial charge in [-0.1, -0.05) is 13.0 Å². The molecule has 18 heavy (non-hydrogen) atoms. The highest BCUT2D eigenvalue weighted by Gasteiger charge is 2.20. The van der Waals surface area contributed by atoms with E-state index in [-0.39, 0.29) is 18.0 Å². The highest BCUT2D eigenvalue weighted by Crippen LogP contribution is 2.29. The summed E-state index contributed by atoms with van der Waals surface area (Å²) >= 11 is 0. The van der Waals surface area contributed by atoms with Crippen molar-refractivity contribution >= 4 is 0 Å². The molecule has 0 aromatic heterocycles. The molecule has 1 fully saturated rings. The molecule has 1 atom stereocenters. The lowest BCUT2D eigenvalue weighted by atomic mass is 9.89. The van der Waals surface area contributed by atoms with Gasteiger partial charge in [-0.2, -0.15) is 0 Å². The Labute approximate surface area is 108 Å². The maximum Gasteiger partial charge on any atom is 0.165 e. The molecular weight excluding hydrogens is 229 g/mol. The fourth-order valence-corrected chi connectivity index (χ4v) is 2.42. The molecule has 2 N–H and O–H groups in total. The lowest BCUT2D eigenvalue weighted by molar-refractivity contribution is 0.130. The van der Waals surface area contributed by atoms with Crippen molar-refractivity contribution in [3.63, 3.8) is 0 Å². The second-order valence-electron chi connectivity index (χ2n) is 5.48. The van der Waals surface area contributed by atoms with Crippen molar-refractivity contribution in [3.05, 3.63) is 29.6 Å². The van der Waals surface area contributed by atoms with E-state index in [2.05, 4.69) is 6.92 Å². The molecular formula is C15H22FNO. The molecule has 1 aromatic rings.